The number of benzene rings is 3. The van der Waals surface area contributed by atoms with E-state index in [1.807, 2.05) is 6.92 Å². The number of hydrogen-bond acceptors (Lipinski definition) is 4. The normalized spacial score (nSPS) is 11.8. The van der Waals surface area contributed by atoms with Crippen LogP contribution >= 0.6 is 0 Å². The number of amides is 1. The zero-order valence-corrected chi connectivity index (χ0v) is 18.0. The van der Waals surface area contributed by atoms with Crippen LogP contribution in [0.15, 0.2) is 82.8 Å². The highest BCUT2D eigenvalue weighted by atomic mass is 32.2. The summed E-state index contributed by atoms with van der Waals surface area (Å²) in [5.74, 6) is -1.87. The van der Waals surface area contributed by atoms with Gasteiger partial charge in [-0.3, -0.25) is 4.79 Å². The van der Waals surface area contributed by atoms with E-state index in [2.05, 4.69) is 10.5 Å². The Morgan fingerprint density at radius 1 is 0.969 bits per heavy atom. The monoisotopic (exact) mass is 457 g/mol. The Balaban J connectivity index is 1.82. The minimum Gasteiger partial charge on any atom is -0.272 e. The molecule has 166 valence electrons. The van der Waals surface area contributed by atoms with Gasteiger partial charge in [0.05, 0.1) is 17.7 Å². The Labute approximate surface area is 185 Å². The van der Waals surface area contributed by atoms with Crippen molar-refractivity contribution in [2.45, 2.75) is 18.4 Å². The van der Waals surface area contributed by atoms with Crippen molar-refractivity contribution in [3.63, 3.8) is 0 Å². The largest absolute Gasteiger partial charge is 0.272 e. The lowest BCUT2D eigenvalue weighted by Crippen LogP contribution is -2.39. The van der Waals surface area contributed by atoms with Crippen LogP contribution in [0.1, 0.15) is 16.7 Å². The summed E-state index contributed by atoms with van der Waals surface area (Å²) in [5.41, 5.74) is 3.32. The summed E-state index contributed by atoms with van der Waals surface area (Å²) in [5, 5.41) is 3.69. The highest BCUT2D eigenvalue weighted by Crippen LogP contribution is 2.20. The van der Waals surface area contributed by atoms with Crippen LogP contribution in [0.2, 0.25) is 0 Å². The number of aryl methyl sites for hydroxylation is 1. The topological polar surface area (TPSA) is 78.8 Å². The van der Waals surface area contributed by atoms with E-state index < -0.39 is 34.1 Å². The molecule has 0 aromatic heterocycles. The molecule has 0 radical (unpaired) electrons. The molecule has 1 N–H and O–H groups in total. The van der Waals surface area contributed by atoms with Gasteiger partial charge >= 0.3 is 0 Å². The second-order valence-corrected chi connectivity index (χ2v) is 8.93. The highest BCUT2D eigenvalue weighted by molar-refractivity contribution is 7.89. The highest BCUT2D eigenvalue weighted by Gasteiger charge is 2.27. The quantitative estimate of drug-likeness (QED) is 0.415. The van der Waals surface area contributed by atoms with Crippen LogP contribution < -0.4 is 5.43 Å². The molecule has 0 aliphatic carbocycles. The predicted octanol–water partition coefficient (Wildman–Crippen LogP) is 3.61. The molecule has 0 aliphatic heterocycles. The van der Waals surface area contributed by atoms with Crippen LogP contribution in [0.5, 0.6) is 0 Å². The molecule has 0 spiro atoms. The molecular weight excluding hydrogens is 436 g/mol. The lowest BCUT2D eigenvalue weighted by molar-refractivity contribution is -0.121. The van der Waals surface area contributed by atoms with E-state index in [1.165, 1.54) is 48.5 Å². The second-order valence-electron chi connectivity index (χ2n) is 6.99. The second kappa shape index (κ2) is 10.3. The molecule has 0 aliphatic rings. The van der Waals surface area contributed by atoms with Gasteiger partial charge in [-0.05, 0) is 31.2 Å². The van der Waals surface area contributed by atoms with Gasteiger partial charge in [-0.1, -0.05) is 54.1 Å². The standard InChI is InChI=1S/C23H21F2N3O3S/c1-17-10-12-20(13-11-17)32(30,31)28(15-19-7-3-5-9-22(19)25)16-23(29)27-26-14-18-6-2-4-8-21(18)24/h2-14H,15-16H2,1H3,(H,27,29)/b26-14-. The van der Waals surface area contributed by atoms with Crippen LogP contribution in [0, 0.1) is 18.6 Å². The molecule has 0 heterocycles. The van der Waals surface area contributed by atoms with Gasteiger partial charge in [0, 0.05) is 17.7 Å². The molecule has 9 heteroatoms. The molecule has 0 saturated carbocycles. The van der Waals surface area contributed by atoms with Gasteiger partial charge in [-0.25, -0.2) is 22.6 Å². The zero-order valence-electron chi connectivity index (χ0n) is 17.2. The van der Waals surface area contributed by atoms with Crippen molar-refractivity contribution in [1.82, 2.24) is 9.73 Å². The number of carbonyl (C=O) groups is 1. The van der Waals surface area contributed by atoms with Gasteiger partial charge < -0.3 is 0 Å². The SMILES string of the molecule is Cc1ccc(S(=O)(=O)N(CC(=O)N/N=C\c2ccccc2F)Cc2ccccc2F)cc1. The maximum Gasteiger partial charge on any atom is 0.255 e. The fraction of sp³-hybridized carbons (Fsp3) is 0.130. The van der Waals surface area contributed by atoms with Gasteiger partial charge in [0.2, 0.25) is 10.0 Å². The molecule has 32 heavy (non-hydrogen) atoms. The number of nitrogens with one attached hydrogen (secondary N) is 1. The minimum atomic E-state index is -4.12. The van der Waals surface area contributed by atoms with Crippen LogP contribution in [-0.4, -0.2) is 31.4 Å². The molecule has 0 unspecified atom stereocenters. The van der Waals surface area contributed by atoms with Crippen LogP contribution in [0.3, 0.4) is 0 Å². The molecule has 0 atom stereocenters. The number of halogens is 2. The third-order valence-electron chi connectivity index (χ3n) is 4.58. The summed E-state index contributed by atoms with van der Waals surface area (Å²) >= 11 is 0. The molecular formula is C23H21F2N3O3S. The summed E-state index contributed by atoms with van der Waals surface area (Å²) in [7, 11) is -4.12. The first-order valence-corrected chi connectivity index (χ1v) is 11.1. The lowest BCUT2D eigenvalue weighted by atomic mass is 10.2. The van der Waals surface area contributed by atoms with Crippen LogP contribution in [0.4, 0.5) is 8.78 Å². The summed E-state index contributed by atoms with van der Waals surface area (Å²) < 4.78 is 55.0. The number of hydrogen-bond donors (Lipinski definition) is 1. The molecule has 3 aromatic carbocycles. The van der Waals surface area contributed by atoms with E-state index in [4.69, 9.17) is 0 Å². The summed E-state index contributed by atoms with van der Waals surface area (Å²) in [6, 6.07) is 17.7. The Kier molecular flexibility index (Phi) is 7.45. The Hall–Kier alpha value is -3.43. The third kappa shape index (κ3) is 5.83. The molecule has 0 saturated heterocycles. The van der Waals surface area contributed by atoms with E-state index in [0.29, 0.717) is 0 Å². The van der Waals surface area contributed by atoms with E-state index >= 15 is 0 Å². The van der Waals surface area contributed by atoms with Crippen LogP contribution in [0.25, 0.3) is 0 Å². The Bertz CT molecular complexity index is 1230. The van der Waals surface area contributed by atoms with E-state index in [0.717, 1.165) is 16.1 Å². The van der Waals surface area contributed by atoms with E-state index in [-0.39, 0.29) is 22.6 Å². The third-order valence-corrected chi connectivity index (χ3v) is 6.39. The maximum atomic E-state index is 14.2. The Morgan fingerprint density at radius 3 is 2.25 bits per heavy atom. The van der Waals surface area contributed by atoms with E-state index in [9.17, 15) is 22.0 Å². The van der Waals surface area contributed by atoms with Crippen molar-refractivity contribution >= 4 is 22.1 Å². The zero-order chi connectivity index (χ0) is 23.1. The average molecular weight is 458 g/mol. The van der Waals surface area contributed by atoms with Crippen molar-refractivity contribution in [3.8, 4) is 0 Å². The fourth-order valence-corrected chi connectivity index (χ4v) is 4.23. The molecule has 1 amide bonds. The molecule has 0 fully saturated rings. The first-order chi connectivity index (χ1) is 15.3. The number of carbonyl (C=O) groups excluding carboxylic acids is 1. The van der Waals surface area contributed by atoms with Crippen molar-refractivity contribution < 1.29 is 22.0 Å². The molecule has 3 rings (SSSR count). The predicted molar refractivity (Wildman–Crippen MR) is 117 cm³/mol. The lowest BCUT2D eigenvalue weighted by Gasteiger charge is -2.22. The molecule has 6 nitrogen and oxygen atoms in total. The van der Waals surface area contributed by atoms with Crippen molar-refractivity contribution in [1.29, 1.82) is 0 Å². The van der Waals surface area contributed by atoms with Gasteiger partial charge in [0.1, 0.15) is 11.6 Å². The number of nitrogens with zero attached hydrogens (tertiary/aromatic N) is 2. The average Bonchev–Trinajstić information content (AvgIpc) is 2.76. The minimum absolute atomic E-state index is 0.0258. The molecule has 3 aromatic rings. The number of hydrazone groups is 1. The van der Waals surface area contributed by atoms with Gasteiger partial charge in [-0.15, -0.1) is 0 Å². The summed E-state index contributed by atoms with van der Waals surface area (Å²) in [4.78, 5) is 12.4. The van der Waals surface area contributed by atoms with Gasteiger partial charge in [0.25, 0.3) is 5.91 Å². The molecule has 0 bridgehead atoms. The fourth-order valence-electron chi connectivity index (χ4n) is 2.85. The maximum absolute atomic E-state index is 14.2. The van der Waals surface area contributed by atoms with Crippen molar-refractivity contribution in [2.75, 3.05) is 6.54 Å². The van der Waals surface area contributed by atoms with E-state index in [1.54, 1.807) is 24.3 Å². The first kappa shape index (κ1) is 23.2. The smallest absolute Gasteiger partial charge is 0.255 e. The van der Waals surface area contributed by atoms with Gasteiger partial charge in [0.15, 0.2) is 0 Å². The summed E-state index contributed by atoms with van der Waals surface area (Å²) in [6.45, 7) is 0.848. The number of sulfonamides is 1. The Morgan fingerprint density at radius 2 is 1.59 bits per heavy atom. The summed E-state index contributed by atoms with van der Waals surface area (Å²) in [6.07, 6.45) is 1.11. The first-order valence-electron chi connectivity index (χ1n) is 9.64. The van der Waals surface area contributed by atoms with Crippen LogP contribution in [-0.2, 0) is 21.4 Å². The number of rotatable bonds is 8. The van der Waals surface area contributed by atoms with Crippen molar-refractivity contribution in [3.05, 3.63) is 101 Å². The van der Waals surface area contributed by atoms with Crippen molar-refractivity contribution in [2.24, 2.45) is 5.10 Å². The van der Waals surface area contributed by atoms with Gasteiger partial charge in [-0.2, -0.15) is 9.41 Å².